The van der Waals surface area contributed by atoms with Crippen molar-refractivity contribution >= 4 is 17.7 Å². The third kappa shape index (κ3) is 4.62. The van der Waals surface area contributed by atoms with Crippen LogP contribution in [-0.2, 0) is 18.7 Å². The van der Waals surface area contributed by atoms with Crippen molar-refractivity contribution in [3.8, 4) is 0 Å². The van der Waals surface area contributed by atoms with Crippen LogP contribution in [0.2, 0.25) is 0 Å². The number of thioether (sulfide) groups is 1. The summed E-state index contributed by atoms with van der Waals surface area (Å²) in [5, 5.41) is 12.8. The zero-order chi connectivity index (χ0) is 19.3. The third-order valence-electron chi connectivity index (χ3n) is 4.81. The number of hydrogen-bond acceptors (Lipinski definition) is 4. The topological polar surface area (TPSA) is 59.8 Å². The molecule has 5 nitrogen and oxygen atoms in total. The Labute approximate surface area is 169 Å². The minimum absolute atomic E-state index is 0.0259. The molecule has 6 heteroatoms. The van der Waals surface area contributed by atoms with Gasteiger partial charge in [-0.3, -0.25) is 4.79 Å². The van der Waals surface area contributed by atoms with Gasteiger partial charge in [-0.15, -0.1) is 10.2 Å². The summed E-state index contributed by atoms with van der Waals surface area (Å²) >= 11 is 1.68. The summed E-state index contributed by atoms with van der Waals surface area (Å²) < 4.78 is 2.18. The molecule has 0 atom stereocenters. The summed E-state index contributed by atoms with van der Waals surface area (Å²) in [7, 11) is 0. The van der Waals surface area contributed by atoms with Crippen LogP contribution in [0.4, 0.5) is 0 Å². The van der Waals surface area contributed by atoms with Gasteiger partial charge in [0.15, 0.2) is 5.16 Å². The van der Waals surface area contributed by atoms with Crippen LogP contribution in [-0.4, -0.2) is 26.7 Å². The number of benzene rings is 2. The second-order valence-electron chi connectivity index (χ2n) is 7.04. The third-order valence-corrected chi connectivity index (χ3v) is 5.85. The van der Waals surface area contributed by atoms with Crippen LogP contribution in [0.5, 0.6) is 0 Å². The normalized spacial score (nSPS) is 13.5. The van der Waals surface area contributed by atoms with E-state index >= 15 is 0 Å². The van der Waals surface area contributed by atoms with E-state index in [1.165, 1.54) is 11.1 Å². The van der Waals surface area contributed by atoms with Crippen molar-refractivity contribution in [1.29, 1.82) is 0 Å². The molecule has 3 aromatic rings. The Hall–Kier alpha value is -2.60. The summed E-state index contributed by atoms with van der Waals surface area (Å²) in [6, 6.07) is 18.6. The van der Waals surface area contributed by atoms with Gasteiger partial charge in [0, 0.05) is 30.3 Å². The molecule has 0 saturated heterocycles. The van der Waals surface area contributed by atoms with Gasteiger partial charge in [0.05, 0.1) is 0 Å². The van der Waals surface area contributed by atoms with E-state index in [4.69, 9.17) is 0 Å². The predicted octanol–water partition coefficient (Wildman–Crippen LogP) is 4.07. The predicted molar refractivity (Wildman–Crippen MR) is 111 cm³/mol. The van der Waals surface area contributed by atoms with Crippen molar-refractivity contribution in [2.24, 2.45) is 0 Å². The number of amides is 1. The quantitative estimate of drug-likeness (QED) is 0.587. The van der Waals surface area contributed by atoms with E-state index < -0.39 is 0 Å². The lowest BCUT2D eigenvalue weighted by Gasteiger charge is -2.08. The molecule has 0 aliphatic heterocycles. The molecular formula is C22H24N4OS. The molecule has 144 valence electrons. The fourth-order valence-electron chi connectivity index (χ4n) is 3.05. The SMILES string of the molecule is CCn1c(Cc2ccccc2)nnc1SCc1ccc(C(=O)NC2CC2)cc1. The maximum Gasteiger partial charge on any atom is 0.251 e. The first-order valence-corrected chi connectivity index (χ1v) is 10.7. The van der Waals surface area contributed by atoms with Crippen LogP contribution in [0.25, 0.3) is 0 Å². The number of nitrogens with one attached hydrogen (secondary N) is 1. The van der Waals surface area contributed by atoms with E-state index in [2.05, 4.69) is 39.1 Å². The van der Waals surface area contributed by atoms with Gasteiger partial charge < -0.3 is 9.88 Å². The minimum Gasteiger partial charge on any atom is -0.349 e. The highest BCUT2D eigenvalue weighted by atomic mass is 32.2. The summed E-state index contributed by atoms with van der Waals surface area (Å²) in [6.45, 7) is 2.97. The van der Waals surface area contributed by atoms with Crippen molar-refractivity contribution in [2.75, 3.05) is 0 Å². The minimum atomic E-state index is 0.0259. The summed E-state index contributed by atoms with van der Waals surface area (Å²) in [4.78, 5) is 12.1. The Balaban J connectivity index is 1.38. The highest BCUT2D eigenvalue weighted by molar-refractivity contribution is 7.98. The largest absolute Gasteiger partial charge is 0.349 e. The van der Waals surface area contributed by atoms with Gasteiger partial charge in [0.2, 0.25) is 0 Å². The number of rotatable bonds is 8. The first-order valence-electron chi connectivity index (χ1n) is 9.71. The lowest BCUT2D eigenvalue weighted by atomic mass is 10.1. The maximum atomic E-state index is 12.1. The molecule has 1 aromatic heterocycles. The molecule has 0 unspecified atom stereocenters. The average Bonchev–Trinajstić information content (AvgIpc) is 3.46. The van der Waals surface area contributed by atoms with E-state index in [1.807, 2.05) is 42.5 Å². The van der Waals surface area contributed by atoms with E-state index in [-0.39, 0.29) is 5.91 Å². The lowest BCUT2D eigenvalue weighted by Crippen LogP contribution is -2.25. The van der Waals surface area contributed by atoms with Crippen LogP contribution >= 0.6 is 11.8 Å². The molecule has 1 aliphatic carbocycles. The number of carbonyl (C=O) groups is 1. The second-order valence-corrected chi connectivity index (χ2v) is 7.98. The Bertz CT molecular complexity index is 933. The van der Waals surface area contributed by atoms with E-state index in [0.29, 0.717) is 6.04 Å². The number of nitrogens with zero attached hydrogens (tertiary/aromatic N) is 3. The smallest absolute Gasteiger partial charge is 0.251 e. The van der Waals surface area contributed by atoms with Gasteiger partial charge in [0.25, 0.3) is 5.91 Å². The van der Waals surface area contributed by atoms with Gasteiger partial charge in [-0.25, -0.2) is 0 Å². The van der Waals surface area contributed by atoms with E-state index in [0.717, 1.165) is 48.1 Å². The highest BCUT2D eigenvalue weighted by Gasteiger charge is 2.23. The maximum absolute atomic E-state index is 12.1. The second kappa shape index (κ2) is 8.61. The van der Waals surface area contributed by atoms with E-state index in [1.54, 1.807) is 11.8 Å². The standard InChI is InChI=1S/C22H24N4OS/c1-2-26-20(14-16-6-4-3-5-7-16)24-25-22(26)28-15-17-8-10-18(11-9-17)21(27)23-19-12-13-19/h3-11,19H,2,12-15H2,1H3,(H,23,27). The molecule has 4 rings (SSSR count). The number of carbonyl (C=O) groups excluding carboxylic acids is 1. The fourth-order valence-corrected chi connectivity index (χ4v) is 4.03. The van der Waals surface area contributed by atoms with Crippen molar-refractivity contribution < 1.29 is 4.79 Å². The van der Waals surface area contributed by atoms with Crippen LogP contribution in [0, 0.1) is 0 Å². The fraction of sp³-hybridized carbons (Fsp3) is 0.318. The zero-order valence-electron chi connectivity index (χ0n) is 16.0. The van der Waals surface area contributed by atoms with Crippen molar-refractivity contribution in [3.05, 3.63) is 77.1 Å². The molecule has 28 heavy (non-hydrogen) atoms. The van der Waals surface area contributed by atoms with E-state index in [9.17, 15) is 4.79 Å². The van der Waals surface area contributed by atoms with Crippen LogP contribution in [0.1, 0.15) is 47.1 Å². The first kappa shape index (κ1) is 18.7. The Morgan fingerprint density at radius 3 is 2.50 bits per heavy atom. The monoisotopic (exact) mass is 392 g/mol. The molecule has 0 bridgehead atoms. The van der Waals surface area contributed by atoms with Gasteiger partial charge in [-0.1, -0.05) is 54.2 Å². The number of hydrogen-bond donors (Lipinski definition) is 1. The van der Waals surface area contributed by atoms with Gasteiger partial charge in [0.1, 0.15) is 5.82 Å². The average molecular weight is 393 g/mol. The Kier molecular flexibility index (Phi) is 5.76. The van der Waals surface area contributed by atoms with Crippen LogP contribution in [0.15, 0.2) is 59.8 Å². The van der Waals surface area contributed by atoms with Crippen molar-refractivity contribution in [2.45, 2.75) is 49.7 Å². The first-order chi connectivity index (χ1) is 13.7. The molecule has 2 aromatic carbocycles. The molecule has 1 fully saturated rings. The molecule has 1 amide bonds. The molecule has 0 radical (unpaired) electrons. The summed E-state index contributed by atoms with van der Waals surface area (Å²) in [6.07, 6.45) is 2.99. The Morgan fingerprint density at radius 1 is 1.07 bits per heavy atom. The van der Waals surface area contributed by atoms with Gasteiger partial charge in [-0.05, 0) is 43.0 Å². The van der Waals surface area contributed by atoms with Crippen LogP contribution in [0.3, 0.4) is 0 Å². The van der Waals surface area contributed by atoms with Gasteiger partial charge >= 0.3 is 0 Å². The molecular weight excluding hydrogens is 368 g/mol. The van der Waals surface area contributed by atoms with Crippen molar-refractivity contribution in [3.63, 3.8) is 0 Å². The van der Waals surface area contributed by atoms with Crippen LogP contribution < -0.4 is 5.32 Å². The molecule has 0 spiro atoms. The molecule has 1 aliphatic rings. The van der Waals surface area contributed by atoms with Crippen molar-refractivity contribution in [1.82, 2.24) is 20.1 Å². The molecule has 1 N–H and O–H groups in total. The summed E-state index contributed by atoms with van der Waals surface area (Å²) in [5.41, 5.74) is 3.13. The zero-order valence-corrected chi connectivity index (χ0v) is 16.8. The lowest BCUT2D eigenvalue weighted by molar-refractivity contribution is 0.0951. The summed E-state index contributed by atoms with van der Waals surface area (Å²) in [5.74, 6) is 1.81. The van der Waals surface area contributed by atoms with Gasteiger partial charge in [-0.2, -0.15) is 0 Å². The molecule has 1 heterocycles. The number of aromatic nitrogens is 3. The highest BCUT2D eigenvalue weighted by Crippen LogP contribution is 2.24. The molecule has 1 saturated carbocycles. The Morgan fingerprint density at radius 2 is 1.82 bits per heavy atom.